The molecule has 0 aliphatic rings. The molecule has 0 saturated carbocycles. The third-order valence-corrected chi connectivity index (χ3v) is 3.38. The Morgan fingerprint density at radius 3 is 3.00 bits per heavy atom. The lowest BCUT2D eigenvalue weighted by Crippen LogP contribution is -2.26. The molecular formula is C16H21NO2S. The number of rotatable bonds is 6. The first-order valence-electron chi connectivity index (χ1n) is 6.65. The van der Waals surface area contributed by atoms with Crippen LogP contribution in [0.5, 0.6) is 0 Å². The van der Waals surface area contributed by atoms with Gasteiger partial charge in [0.1, 0.15) is 0 Å². The molecule has 0 spiro atoms. The van der Waals surface area contributed by atoms with Crippen LogP contribution in [0.1, 0.15) is 36.9 Å². The highest BCUT2D eigenvalue weighted by Gasteiger charge is 2.09. The van der Waals surface area contributed by atoms with Crippen LogP contribution in [-0.2, 0) is 4.79 Å². The largest absolute Gasteiger partial charge is 0.395 e. The van der Waals surface area contributed by atoms with Crippen molar-refractivity contribution >= 4 is 17.7 Å². The molecule has 0 fully saturated rings. The lowest BCUT2D eigenvalue weighted by molar-refractivity contribution is -0.121. The van der Waals surface area contributed by atoms with E-state index >= 15 is 0 Å². The standard InChI is InChI=1S/C16H21NO2S/c1-13(17-16(19)9-11-20-2)15-8-5-7-14(12-15)6-3-4-10-18/h5,7-8,12-13,18H,4,9-11H2,1-2H3,(H,17,19). The van der Waals surface area contributed by atoms with E-state index in [9.17, 15) is 4.79 Å². The van der Waals surface area contributed by atoms with Crippen LogP contribution in [0.25, 0.3) is 0 Å². The van der Waals surface area contributed by atoms with E-state index in [-0.39, 0.29) is 18.6 Å². The van der Waals surface area contributed by atoms with E-state index < -0.39 is 0 Å². The van der Waals surface area contributed by atoms with Gasteiger partial charge < -0.3 is 10.4 Å². The molecule has 0 bridgehead atoms. The number of hydrogen-bond acceptors (Lipinski definition) is 3. The molecule has 4 heteroatoms. The zero-order valence-electron chi connectivity index (χ0n) is 12.0. The Balaban J connectivity index is 2.64. The molecule has 1 atom stereocenters. The molecule has 0 aliphatic heterocycles. The molecule has 1 amide bonds. The van der Waals surface area contributed by atoms with Crippen molar-refractivity contribution in [1.82, 2.24) is 5.32 Å². The van der Waals surface area contributed by atoms with Gasteiger partial charge in [0.15, 0.2) is 0 Å². The van der Waals surface area contributed by atoms with Gasteiger partial charge in [0.2, 0.25) is 5.91 Å². The Hall–Kier alpha value is -1.44. The zero-order valence-corrected chi connectivity index (χ0v) is 12.8. The molecule has 0 radical (unpaired) electrons. The third-order valence-electron chi connectivity index (χ3n) is 2.77. The normalized spacial score (nSPS) is 11.3. The first kappa shape index (κ1) is 16.6. The van der Waals surface area contributed by atoms with Crippen LogP contribution in [0.2, 0.25) is 0 Å². The number of hydrogen-bond donors (Lipinski definition) is 2. The summed E-state index contributed by atoms with van der Waals surface area (Å²) in [4.78, 5) is 11.7. The van der Waals surface area contributed by atoms with Crippen LogP contribution in [0, 0.1) is 11.8 Å². The first-order valence-corrected chi connectivity index (χ1v) is 8.04. The van der Waals surface area contributed by atoms with Gasteiger partial charge in [-0.1, -0.05) is 24.0 Å². The number of carbonyl (C=O) groups is 1. The Bertz CT molecular complexity index is 491. The zero-order chi connectivity index (χ0) is 14.8. The molecule has 0 aliphatic carbocycles. The Labute approximate surface area is 125 Å². The van der Waals surface area contributed by atoms with E-state index in [1.165, 1.54) is 0 Å². The average Bonchev–Trinajstić information content (AvgIpc) is 2.45. The van der Waals surface area contributed by atoms with Crippen molar-refractivity contribution in [3.63, 3.8) is 0 Å². The summed E-state index contributed by atoms with van der Waals surface area (Å²) in [7, 11) is 0. The summed E-state index contributed by atoms with van der Waals surface area (Å²) in [6.07, 6.45) is 3.01. The van der Waals surface area contributed by atoms with E-state index in [4.69, 9.17) is 5.11 Å². The van der Waals surface area contributed by atoms with E-state index in [2.05, 4.69) is 17.2 Å². The fourth-order valence-corrected chi connectivity index (χ4v) is 2.09. The van der Waals surface area contributed by atoms with Crippen LogP contribution in [0.15, 0.2) is 24.3 Å². The first-order chi connectivity index (χ1) is 9.67. The van der Waals surface area contributed by atoms with Crippen LogP contribution in [-0.4, -0.2) is 29.6 Å². The smallest absolute Gasteiger partial charge is 0.221 e. The number of nitrogens with one attached hydrogen (secondary N) is 1. The molecular weight excluding hydrogens is 270 g/mol. The molecule has 0 heterocycles. The highest BCUT2D eigenvalue weighted by molar-refractivity contribution is 7.98. The lowest BCUT2D eigenvalue weighted by Gasteiger charge is -2.14. The number of carbonyl (C=O) groups excluding carboxylic acids is 1. The molecule has 3 nitrogen and oxygen atoms in total. The van der Waals surface area contributed by atoms with Gasteiger partial charge in [-0.25, -0.2) is 0 Å². The fourth-order valence-electron chi connectivity index (χ4n) is 1.70. The molecule has 0 saturated heterocycles. The lowest BCUT2D eigenvalue weighted by atomic mass is 10.1. The van der Waals surface area contributed by atoms with Gasteiger partial charge >= 0.3 is 0 Å². The maximum absolute atomic E-state index is 11.7. The number of aliphatic hydroxyl groups is 1. The predicted molar refractivity (Wildman–Crippen MR) is 84.6 cm³/mol. The highest BCUT2D eigenvalue weighted by atomic mass is 32.2. The Morgan fingerprint density at radius 1 is 1.50 bits per heavy atom. The van der Waals surface area contributed by atoms with Gasteiger partial charge in [-0.05, 0) is 30.9 Å². The maximum Gasteiger partial charge on any atom is 0.221 e. The SMILES string of the molecule is CSCCC(=O)NC(C)c1cccc(C#CCCO)c1. The second-order valence-electron chi connectivity index (χ2n) is 4.43. The summed E-state index contributed by atoms with van der Waals surface area (Å²) in [6, 6.07) is 7.79. The van der Waals surface area contributed by atoms with Crippen molar-refractivity contribution in [3.05, 3.63) is 35.4 Å². The number of benzene rings is 1. The van der Waals surface area contributed by atoms with E-state index in [0.717, 1.165) is 16.9 Å². The molecule has 1 aromatic carbocycles. The average molecular weight is 291 g/mol. The summed E-state index contributed by atoms with van der Waals surface area (Å²) in [5, 5.41) is 11.7. The Morgan fingerprint density at radius 2 is 2.30 bits per heavy atom. The topological polar surface area (TPSA) is 49.3 Å². The molecule has 1 aromatic rings. The van der Waals surface area contributed by atoms with Gasteiger partial charge in [-0.15, -0.1) is 0 Å². The van der Waals surface area contributed by atoms with Crippen molar-refractivity contribution in [3.8, 4) is 11.8 Å². The van der Waals surface area contributed by atoms with Gasteiger partial charge in [-0.2, -0.15) is 11.8 Å². The molecule has 0 aromatic heterocycles. The monoisotopic (exact) mass is 291 g/mol. The van der Waals surface area contributed by atoms with E-state index in [1.807, 2.05) is 37.4 Å². The van der Waals surface area contributed by atoms with Gasteiger partial charge in [0, 0.05) is 24.2 Å². The van der Waals surface area contributed by atoms with Crippen molar-refractivity contribution in [2.45, 2.75) is 25.8 Å². The van der Waals surface area contributed by atoms with Crippen molar-refractivity contribution in [1.29, 1.82) is 0 Å². The third kappa shape index (κ3) is 6.14. The van der Waals surface area contributed by atoms with Crippen molar-refractivity contribution in [2.24, 2.45) is 0 Å². The molecule has 2 N–H and O–H groups in total. The quantitative estimate of drug-likeness (QED) is 0.791. The Kier molecular flexibility index (Phi) is 7.86. The van der Waals surface area contributed by atoms with Crippen LogP contribution >= 0.6 is 11.8 Å². The summed E-state index contributed by atoms with van der Waals surface area (Å²) in [6.45, 7) is 2.05. The highest BCUT2D eigenvalue weighted by Crippen LogP contribution is 2.14. The molecule has 1 rings (SSSR count). The molecule has 20 heavy (non-hydrogen) atoms. The summed E-state index contributed by atoms with van der Waals surface area (Å²) in [5.74, 6) is 6.81. The summed E-state index contributed by atoms with van der Waals surface area (Å²) >= 11 is 1.67. The second-order valence-corrected chi connectivity index (χ2v) is 5.42. The van der Waals surface area contributed by atoms with Gasteiger partial charge in [0.05, 0.1) is 12.6 Å². The van der Waals surface area contributed by atoms with Gasteiger partial charge in [-0.3, -0.25) is 4.79 Å². The molecule has 108 valence electrons. The number of aliphatic hydroxyl groups excluding tert-OH is 1. The van der Waals surface area contributed by atoms with Crippen LogP contribution in [0.3, 0.4) is 0 Å². The minimum atomic E-state index is -0.0241. The number of thioether (sulfide) groups is 1. The maximum atomic E-state index is 11.7. The minimum Gasteiger partial charge on any atom is -0.395 e. The fraction of sp³-hybridized carbons (Fsp3) is 0.438. The van der Waals surface area contributed by atoms with E-state index in [0.29, 0.717) is 12.8 Å². The predicted octanol–water partition coefficient (Wildman–Crippen LogP) is 2.35. The summed E-state index contributed by atoms with van der Waals surface area (Å²) < 4.78 is 0. The second kappa shape index (κ2) is 9.46. The summed E-state index contributed by atoms with van der Waals surface area (Å²) in [5.41, 5.74) is 1.94. The van der Waals surface area contributed by atoms with Crippen molar-refractivity contribution in [2.75, 3.05) is 18.6 Å². The molecule has 1 unspecified atom stereocenters. The number of amides is 1. The van der Waals surface area contributed by atoms with Gasteiger partial charge in [0.25, 0.3) is 0 Å². The minimum absolute atomic E-state index is 0.0241. The van der Waals surface area contributed by atoms with Crippen molar-refractivity contribution < 1.29 is 9.90 Å². The van der Waals surface area contributed by atoms with Crippen LogP contribution in [0.4, 0.5) is 0 Å². The van der Waals surface area contributed by atoms with E-state index in [1.54, 1.807) is 11.8 Å². The van der Waals surface area contributed by atoms with Crippen LogP contribution < -0.4 is 5.32 Å².